The molecule has 132 valence electrons. The normalized spacial score (nSPS) is 11.5. The Hall–Kier alpha value is -2.13. The molecule has 25 heavy (non-hydrogen) atoms. The first-order valence-electron chi connectivity index (χ1n) is 7.63. The van der Waals surface area contributed by atoms with Crippen LogP contribution in [0, 0.1) is 3.57 Å². The molecule has 3 N–H and O–H groups in total. The number of nitrogens with one attached hydrogen (secondary N) is 2. The highest BCUT2D eigenvalue weighted by Crippen LogP contribution is 2.23. The van der Waals surface area contributed by atoms with Crippen molar-refractivity contribution in [3.8, 4) is 5.75 Å². The molecule has 2 aromatic carbocycles. The molecule has 6 nitrogen and oxygen atoms in total. The summed E-state index contributed by atoms with van der Waals surface area (Å²) in [6.45, 7) is -0.138. The van der Waals surface area contributed by atoms with Gasteiger partial charge in [0.2, 0.25) is 5.91 Å². The Balaban J connectivity index is 1.83. The third-order valence-corrected chi connectivity index (χ3v) is 4.46. The van der Waals surface area contributed by atoms with E-state index in [1.165, 1.54) is 7.11 Å². The van der Waals surface area contributed by atoms with Crippen molar-refractivity contribution in [2.45, 2.75) is 6.10 Å². The fourth-order valence-corrected chi connectivity index (χ4v) is 2.86. The second-order valence-corrected chi connectivity index (χ2v) is 6.39. The Bertz CT molecular complexity index is 751. The molecule has 0 heterocycles. The van der Waals surface area contributed by atoms with Gasteiger partial charge in [0.15, 0.2) is 0 Å². The number of ether oxygens (including phenoxy) is 1. The molecule has 2 rings (SSSR count). The van der Waals surface area contributed by atoms with Gasteiger partial charge in [-0.3, -0.25) is 9.59 Å². The van der Waals surface area contributed by atoms with Crippen molar-refractivity contribution in [3.63, 3.8) is 0 Å². The van der Waals surface area contributed by atoms with Crippen molar-refractivity contribution in [3.05, 3.63) is 63.2 Å². The number of hydrogen-bond donors (Lipinski definition) is 3. The summed E-state index contributed by atoms with van der Waals surface area (Å²) in [7, 11) is 1.52. The van der Waals surface area contributed by atoms with Gasteiger partial charge in [0, 0.05) is 15.7 Å². The highest BCUT2D eigenvalue weighted by Gasteiger charge is 2.15. The lowest BCUT2D eigenvalue weighted by molar-refractivity contribution is -0.120. The predicted octanol–water partition coefficient (Wildman–Crippen LogP) is 1.88. The fraction of sp³-hybridized carbons (Fsp3) is 0.222. The maximum Gasteiger partial charge on any atom is 0.252 e. The minimum absolute atomic E-state index is 0.0257. The highest BCUT2D eigenvalue weighted by atomic mass is 127. The van der Waals surface area contributed by atoms with Crippen LogP contribution in [0.1, 0.15) is 22.0 Å². The Labute approximate surface area is 159 Å². The van der Waals surface area contributed by atoms with Gasteiger partial charge >= 0.3 is 0 Å². The van der Waals surface area contributed by atoms with E-state index in [4.69, 9.17) is 4.74 Å². The molecule has 0 saturated carbocycles. The number of methoxy groups -OCH3 is 1. The summed E-state index contributed by atoms with van der Waals surface area (Å²) in [5.41, 5.74) is 1.11. The lowest BCUT2D eigenvalue weighted by Gasteiger charge is -2.15. The molecule has 1 atom stereocenters. The highest BCUT2D eigenvalue weighted by molar-refractivity contribution is 14.1. The van der Waals surface area contributed by atoms with Gasteiger partial charge in [-0.15, -0.1) is 0 Å². The fourth-order valence-electron chi connectivity index (χ4n) is 2.23. The minimum atomic E-state index is -0.897. The monoisotopic (exact) mass is 454 g/mol. The number of benzene rings is 2. The molecular formula is C18H19IN2O4. The summed E-state index contributed by atoms with van der Waals surface area (Å²) >= 11 is 2.06. The average Bonchev–Trinajstić information content (AvgIpc) is 2.64. The van der Waals surface area contributed by atoms with Gasteiger partial charge in [0.05, 0.1) is 25.3 Å². The maximum absolute atomic E-state index is 12.1. The van der Waals surface area contributed by atoms with Crippen molar-refractivity contribution in [2.24, 2.45) is 0 Å². The van der Waals surface area contributed by atoms with Gasteiger partial charge in [0.1, 0.15) is 5.75 Å². The van der Waals surface area contributed by atoms with Gasteiger partial charge in [0.25, 0.3) is 5.91 Å². The third-order valence-electron chi connectivity index (χ3n) is 3.52. The molecule has 0 radical (unpaired) electrons. The van der Waals surface area contributed by atoms with Gasteiger partial charge in [-0.05, 0) is 40.8 Å². The van der Waals surface area contributed by atoms with E-state index in [9.17, 15) is 14.7 Å². The van der Waals surface area contributed by atoms with E-state index < -0.39 is 6.10 Å². The molecule has 0 fully saturated rings. The smallest absolute Gasteiger partial charge is 0.252 e. The molecule has 7 heteroatoms. The lowest BCUT2D eigenvalue weighted by Crippen LogP contribution is -2.38. The zero-order valence-electron chi connectivity index (χ0n) is 13.7. The summed E-state index contributed by atoms with van der Waals surface area (Å²) in [5.74, 6) is -0.144. The van der Waals surface area contributed by atoms with Crippen LogP contribution >= 0.6 is 22.6 Å². The number of aliphatic hydroxyl groups excluding tert-OH is 1. The number of amides is 2. The Morgan fingerprint density at radius 1 is 1.12 bits per heavy atom. The number of hydrogen-bond acceptors (Lipinski definition) is 4. The van der Waals surface area contributed by atoms with Crippen LogP contribution < -0.4 is 15.4 Å². The molecular weight excluding hydrogens is 435 g/mol. The number of rotatable bonds is 7. The number of carbonyl (C=O) groups excluding carboxylic acids is 2. The number of halogens is 1. The molecule has 0 aliphatic heterocycles. The van der Waals surface area contributed by atoms with Crippen molar-refractivity contribution >= 4 is 34.4 Å². The van der Waals surface area contributed by atoms with Gasteiger partial charge < -0.3 is 20.5 Å². The molecule has 2 aromatic rings. The first-order valence-corrected chi connectivity index (χ1v) is 8.71. The Morgan fingerprint density at radius 2 is 1.80 bits per heavy atom. The maximum atomic E-state index is 12.1. The number of aliphatic hydroxyl groups is 1. The molecule has 0 aliphatic carbocycles. The zero-order valence-corrected chi connectivity index (χ0v) is 15.8. The van der Waals surface area contributed by atoms with Crippen LogP contribution in [0.4, 0.5) is 0 Å². The molecule has 0 spiro atoms. The van der Waals surface area contributed by atoms with Gasteiger partial charge in [-0.1, -0.05) is 30.3 Å². The van der Waals surface area contributed by atoms with Crippen molar-refractivity contribution in [1.82, 2.24) is 10.6 Å². The van der Waals surface area contributed by atoms with Crippen LogP contribution in [0.3, 0.4) is 0 Å². The first kappa shape index (κ1) is 19.2. The molecule has 2 amide bonds. The van der Waals surface area contributed by atoms with E-state index in [1.54, 1.807) is 36.4 Å². The van der Waals surface area contributed by atoms with E-state index in [0.29, 0.717) is 16.9 Å². The van der Waals surface area contributed by atoms with Crippen molar-refractivity contribution in [2.75, 3.05) is 20.2 Å². The first-order chi connectivity index (χ1) is 12.0. The molecule has 0 aliphatic rings. The lowest BCUT2D eigenvalue weighted by atomic mass is 10.1. The van der Waals surface area contributed by atoms with Crippen molar-refractivity contribution < 1.29 is 19.4 Å². The van der Waals surface area contributed by atoms with E-state index in [-0.39, 0.29) is 24.9 Å². The summed E-state index contributed by atoms with van der Waals surface area (Å²) < 4.78 is 5.99. The number of carbonyl (C=O) groups is 2. The van der Waals surface area contributed by atoms with E-state index in [1.807, 2.05) is 12.1 Å². The SMILES string of the molecule is COc1ccccc1C(O)CNC(=O)CNC(=O)c1ccccc1I. The molecule has 0 bridgehead atoms. The summed E-state index contributed by atoms with van der Waals surface area (Å²) in [6.07, 6.45) is -0.897. The van der Waals surface area contributed by atoms with Crippen molar-refractivity contribution in [1.29, 1.82) is 0 Å². The van der Waals surface area contributed by atoms with E-state index >= 15 is 0 Å². The average molecular weight is 454 g/mol. The second-order valence-electron chi connectivity index (χ2n) is 5.22. The van der Waals surface area contributed by atoms with Crippen LogP contribution in [0.25, 0.3) is 0 Å². The summed E-state index contributed by atoms with van der Waals surface area (Å²) in [4.78, 5) is 23.9. The topological polar surface area (TPSA) is 87.7 Å². The minimum Gasteiger partial charge on any atom is -0.496 e. The Kier molecular flexibility index (Phi) is 7.20. The summed E-state index contributed by atoms with van der Waals surface area (Å²) in [6, 6.07) is 14.2. The molecule has 0 saturated heterocycles. The third kappa shape index (κ3) is 5.43. The molecule has 1 unspecified atom stereocenters. The van der Waals surface area contributed by atoms with Crippen LogP contribution in [0.2, 0.25) is 0 Å². The second kappa shape index (κ2) is 9.38. The summed E-state index contributed by atoms with van der Waals surface area (Å²) in [5, 5.41) is 15.3. The van der Waals surface area contributed by atoms with Crippen LogP contribution in [0.5, 0.6) is 5.75 Å². The van der Waals surface area contributed by atoms with Crippen LogP contribution in [0.15, 0.2) is 48.5 Å². The largest absolute Gasteiger partial charge is 0.496 e. The zero-order chi connectivity index (χ0) is 18.2. The van der Waals surface area contributed by atoms with Gasteiger partial charge in [-0.25, -0.2) is 0 Å². The molecule has 0 aromatic heterocycles. The predicted molar refractivity (Wildman–Crippen MR) is 102 cm³/mol. The van der Waals surface area contributed by atoms with Crippen LogP contribution in [-0.2, 0) is 4.79 Å². The van der Waals surface area contributed by atoms with Gasteiger partial charge in [-0.2, -0.15) is 0 Å². The van der Waals surface area contributed by atoms with Crippen LogP contribution in [-0.4, -0.2) is 37.1 Å². The van der Waals surface area contributed by atoms with E-state index in [0.717, 1.165) is 3.57 Å². The van der Waals surface area contributed by atoms with E-state index in [2.05, 4.69) is 33.2 Å². The Morgan fingerprint density at radius 3 is 2.52 bits per heavy atom. The number of para-hydroxylation sites is 1. The quantitative estimate of drug-likeness (QED) is 0.558. The standard InChI is InChI=1S/C18H19IN2O4/c1-25-16-9-5-3-7-13(16)15(22)10-20-17(23)11-21-18(24)12-6-2-4-8-14(12)19/h2-9,15,22H,10-11H2,1H3,(H,20,23)(H,21,24).